The van der Waals surface area contributed by atoms with Gasteiger partial charge in [-0.3, -0.25) is 4.68 Å². The fraction of sp³-hybridized carbons (Fsp3) is 0.727. The lowest BCUT2D eigenvalue weighted by Crippen LogP contribution is -2.38. The van der Waals surface area contributed by atoms with Crippen molar-refractivity contribution in [1.29, 1.82) is 0 Å². The van der Waals surface area contributed by atoms with E-state index in [1.54, 1.807) is 6.20 Å². The summed E-state index contributed by atoms with van der Waals surface area (Å²) in [5, 5.41) is 8.63. The minimum atomic E-state index is 0.0666. The van der Waals surface area contributed by atoms with Gasteiger partial charge in [0, 0.05) is 7.05 Å². The summed E-state index contributed by atoms with van der Waals surface area (Å²) in [6.07, 6.45) is 6.43. The summed E-state index contributed by atoms with van der Waals surface area (Å²) in [6.45, 7) is 3.30. The number of halogens is 1. The number of aromatic nitrogens is 2. The maximum atomic E-state index is 6.23. The Morgan fingerprint density at radius 3 is 2.93 bits per heavy atom. The molecule has 2 heterocycles. The van der Waals surface area contributed by atoms with E-state index < -0.39 is 0 Å². The SMILES string of the molecule is CCCC1(c2c(Cl)cnn2C)CCCN1. The van der Waals surface area contributed by atoms with Crippen molar-refractivity contribution in [2.45, 2.75) is 38.1 Å². The van der Waals surface area contributed by atoms with Gasteiger partial charge in [-0.1, -0.05) is 24.9 Å². The van der Waals surface area contributed by atoms with E-state index >= 15 is 0 Å². The second-order valence-electron chi connectivity index (χ2n) is 4.33. The number of nitrogens with one attached hydrogen (secondary N) is 1. The molecule has 1 aliphatic rings. The molecule has 0 saturated carbocycles. The van der Waals surface area contributed by atoms with Gasteiger partial charge in [0.15, 0.2) is 0 Å². The van der Waals surface area contributed by atoms with Gasteiger partial charge in [-0.15, -0.1) is 0 Å². The Kier molecular flexibility index (Phi) is 3.03. The highest BCUT2D eigenvalue weighted by molar-refractivity contribution is 6.31. The van der Waals surface area contributed by atoms with Gasteiger partial charge in [0.1, 0.15) is 0 Å². The normalized spacial score (nSPS) is 26.1. The zero-order valence-electron chi connectivity index (χ0n) is 9.39. The monoisotopic (exact) mass is 227 g/mol. The highest BCUT2D eigenvalue weighted by Crippen LogP contribution is 2.38. The molecule has 1 aromatic rings. The summed E-state index contributed by atoms with van der Waals surface area (Å²) >= 11 is 6.23. The van der Waals surface area contributed by atoms with E-state index in [2.05, 4.69) is 17.3 Å². The first-order chi connectivity index (χ1) is 7.19. The third-order valence-electron chi connectivity index (χ3n) is 3.27. The first-order valence-corrected chi connectivity index (χ1v) is 6.00. The van der Waals surface area contributed by atoms with Crippen molar-refractivity contribution in [2.24, 2.45) is 7.05 Å². The highest BCUT2D eigenvalue weighted by Gasteiger charge is 2.38. The van der Waals surface area contributed by atoms with Crippen LogP contribution in [0.15, 0.2) is 6.20 Å². The molecule has 0 amide bonds. The van der Waals surface area contributed by atoms with Crippen molar-refractivity contribution in [3.63, 3.8) is 0 Å². The van der Waals surface area contributed by atoms with E-state index in [0.29, 0.717) is 0 Å². The minimum absolute atomic E-state index is 0.0666. The molecule has 3 nitrogen and oxygen atoms in total. The van der Waals surface area contributed by atoms with E-state index in [9.17, 15) is 0 Å². The van der Waals surface area contributed by atoms with Crippen LogP contribution in [0.5, 0.6) is 0 Å². The summed E-state index contributed by atoms with van der Waals surface area (Å²) in [5.41, 5.74) is 1.22. The molecule has 1 aromatic heterocycles. The molecule has 15 heavy (non-hydrogen) atoms. The molecule has 1 atom stereocenters. The van der Waals surface area contributed by atoms with Crippen LogP contribution in [-0.4, -0.2) is 16.3 Å². The molecular formula is C11H18ClN3. The summed E-state index contributed by atoms with van der Waals surface area (Å²) in [7, 11) is 1.97. The lowest BCUT2D eigenvalue weighted by atomic mass is 9.88. The van der Waals surface area contributed by atoms with E-state index in [-0.39, 0.29) is 5.54 Å². The quantitative estimate of drug-likeness (QED) is 0.860. The van der Waals surface area contributed by atoms with Gasteiger partial charge in [-0.2, -0.15) is 5.10 Å². The van der Waals surface area contributed by atoms with Crippen LogP contribution < -0.4 is 5.32 Å². The van der Waals surface area contributed by atoms with E-state index in [0.717, 1.165) is 30.1 Å². The van der Waals surface area contributed by atoms with Crippen molar-refractivity contribution in [2.75, 3.05) is 6.54 Å². The Morgan fingerprint density at radius 2 is 2.47 bits per heavy atom. The summed E-state index contributed by atoms with van der Waals surface area (Å²) in [5.74, 6) is 0. The average Bonchev–Trinajstić information content (AvgIpc) is 2.76. The average molecular weight is 228 g/mol. The van der Waals surface area contributed by atoms with Gasteiger partial charge >= 0.3 is 0 Å². The molecule has 1 saturated heterocycles. The molecule has 1 fully saturated rings. The van der Waals surface area contributed by atoms with Gasteiger partial charge in [0.25, 0.3) is 0 Å². The van der Waals surface area contributed by atoms with E-state index in [1.165, 1.54) is 12.8 Å². The molecule has 0 aliphatic carbocycles. The molecule has 4 heteroatoms. The molecule has 1 aliphatic heterocycles. The van der Waals surface area contributed by atoms with Gasteiger partial charge < -0.3 is 5.32 Å². The maximum absolute atomic E-state index is 6.23. The Morgan fingerprint density at radius 1 is 1.67 bits per heavy atom. The summed E-state index contributed by atoms with van der Waals surface area (Å²) in [6, 6.07) is 0. The number of hydrogen-bond donors (Lipinski definition) is 1. The molecule has 0 radical (unpaired) electrons. The number of hydrogen-bond acceptors (Lipinski definition) is 2. The van der Waals surface area contributed by atoms with Crippen molar-refractivity contribution < 1.29 is 0 Å². The van der Waals surface area contributed by atoms with E-state index in [1.807, 2.05) is 11.7 Å². The smallest absolute Gasteiger partial charge is 0.0837 e. The van der Waals surface area contributed by atoms with Crippen LogP contribution in [0.25, 0.3) is 0 Å². The van der Waals surface area contributed by atoms with Crippen LogP contribution in [0.2, 0.25) is 5.02 Å². The third kappa shape index (κ3) is 1.79. The van der Waals surface area contributed by atoms with Crippen LogP contribution in [0.1, 0.15) is 38.3 Å². The van der Waals surface area contributed by atoms with Gasteiger partial charge in [-0.05, 0) is 25.8 Å². The molecule has 1 unspecified atom stereocenters. The minimum Gasteiger partial charge on any atom is -0.306 e. The number of aryl methyl sites for hydroxylation is 1. The fourth-order valence-electron chi connectivity index (χ4n) is 2.72. The Bertz CT molecular complexity index is 320. The standard InChI is InChI=1S/C11H18ClN3/c1-3-5-11(6-4-7-13-11)10-9(12)8-14-15(10)2/h8,13H,3-7H2,1-2H3. The summed E-state index contributed by atoms with van der Waals surface area (Å²) in [4.78, 5) is 0. The van der Waals surface area contributed by atoms with Gasteiger partial charge in [-0.25, -0.2) is 0 Å². The van der Waals surface area contributed by atoms with Crippen molar-refractivity contribution in [3.8, 4) is 0 Å². The lowest BCUT2D eigenvalue weighted by molar-refractivity contribution is 0.332. The first kappa shape index (κ1) is 11.0. The predicted octanol–water partition coefficient (Wildman–Crippen LogP) is 2.45. The van der Waals surface area contributed by atoms with Crippen LogP contribution in [0.3, 0.4) is 0 Å². The van der Waals surface area contributed by atoms with E-state index in [4.69, 9.17) is 11.6 Å². The molecule has 0 spiro atoms. The number of nitrogens with zero attached hydrogens (tertiary/aromatic N) is 2. The molecule has 0 aromatic carbocycles. The second-order valence-corrected chi connectivity index (χ2v) is 4.73. The highest BCUT2D eigenvalue weighted by atomic mass is 35.5. The fourth-order valence-corrected chi connectivity index (χ4v) is 3.06. The second kappa shape index (κ2) is 4.14. The molecular weight excluding hydrogens is 210 g/mol. The van der Waals surface area contributed by atoms with Crippen molar-refractivity contribution in [1.82, 2.24) is 15.1 Å². The first-order valence-electron chi connectivity index (χ1n) is 5.62. The number of rotatable bonds is 3. The Balaban J connectivity index is 2.40. The van der Waals surface area contributed by atoms with Crippen molar-refractivity contribution >= 4 is 11.6 Å². The van der Waals surface area contributed by atoms with Crippen molar-refractivity contribution in [3.05, 3.63) is 16.9 Å². The van der Waals surface area contributed by atoms with Crippen LogP contribution >= 0.6 is 11.6 Å². The van der Waals surface area contributed by atoms with Gasteiger partial charge in [0.2, 0.25) is 0 Å². The zero-order valence-corrected chi connectivity index (χ0v) is 10.1. The summed E-state index contributed by atoms with van der Waals surface area (Å²) < 4.78 is 1.91. The molecule has 1 N–H and O–H groups in total. The maximum Gasteiger partial charge on any atom is 0.0837 e. The predicted molar refractivity (Wildman–Crippen MR) is 62.0 cm³/mol. The Labute approximate surface area is 95.8 Å². The van der Waals surface area contributed by atoms with Gasteiger partial charge in [0.05, 0.1) is 22.5 Å². The molecule has 84 valence electrons. The topological polar surface area (TPSA) is 29.9 Å². The Hall–Kier alpha value is -0.540. The van der Waals surface area contributed by atoms with Crippen LogP contribution in [-0.2, 0) is 12.6 Å². The molecule has 2 rings (SSSR count). The lowest BCUT2D eigenvalue weighted by Gasteiger charge is -2.29. The zero-order chi connectivity index (χ0) is 10.9. The van der Waals surface area contributed by atoms with Crippen LogP contribution in [0.4, 0.5) is 0 Å². The molecule has 0 bridgehead atoms. The largest absolute Gasteiger partial charge is 0.306 e. The van der Waals surface area contributed by atoms with Crippen LogP contribution in [0, 0.1) is 0 Å². The third-order valence-corrected chi connectivity index (χ3v) is 3.54.